The fourth-order valence-electron chi connectivity index (χ4n) is 1.54. The van der Waals surface area contributed by atoms with Crippen molar-refractivity contribution in [2.75, 3.05) is 7.11 Å². The van der Waals surface area contributed by atoms with E-state index in [0.29, 0.717) is 11.3 Å². The van der Waals surface area contributed by atoms with E-state index < -0.39 is 5.82 Å². The highest BCUT2D eigenvalue weighted by atomic mass is 19.1. The van der Waals surface area contributed by atoms with Gasteiger partial charge >= 0.3 is 0 Å². The zero-order chi connectivity index (χ0) is 11.5. The third-order valence-electron chi connectivity index (χ3n) is 2.34. The Morgan fingerprint density at radius 3 is 2.62 bits per heavy atom. The lowest BCUT2D eigenvalue weighted by Crippen LogP contribution is -1.85. The highest BCUT2D eigenvalue weighted by Crippen LogP contribution is 2.31. The second kappa shape index (κ2) is 4.23. The number of rotatable bonds is 2. The number of methoxy groups -OCH3 is 1. The van der Waals surface area contributed by atoms with Gasteiger partial charge in [-0.3, -0.25) is 0 Å². The van der Waals surface area contributed by atoms with Crippen LogP contribution in [-0.2, 0) is 0 Å². The second-order valence-electron chi connectivity index (χ2n) is 3.39. The molecule has 0 spiro atoms. The summed E-state index contributed by atoms with van der Waals surface area (Å²) < 4.78 is 17.9. The molecule has 2 rings (SSSR count). The van der Waals surface area contributed by atoms with Crippen LogP contribution in [0, 0.1) is 5.82 Å². The van der Waals surface area contributed by atoms with Crippen molar-refractivity contribution >= 4 is 0 Å². The fraction of sp³-hybridized carbons (Fsp3) is 0.0769. The van der Waals surface area contributed by atoms with Crippen LogP contribution in [-0.4, -0.2) is 12.2 Å². The standard InChI is InChI=1S/C13H11FO2/c1-16-11-4-2-3-9(7-11)12-6-5-10(14)8-13(12)15/h2-8,15H,1H3. The summed E-state index contributed by atoms with van der Waals surface area (Å²) in [4.78, 5) is 0. The first-order valence-electron chi connectivity index (χ1n) is 4.83. The molecule has 0 saturated carbocycles. The molecule has 0 atom stereocenters. The van der Waals surface area contributed by atoms with Gasteiger partial charge in [0.1, 0.15) is 17.3 Å². The second-order valence-corrected chi connectivity index (χ2v) is 3.39. The molecular formula is C13H11FO2. The van der Waals surface area contributed by atoms with Crippen LogP contribution in [0.2, 0.25) is 0 Å². The Hall–Kier alpha value is -2.03. The zero-order valence-corrected chi connectivity index (χ0v) is 8.77. The Morgan fingerprint density at radius 2 is 1.94 bits per heavy atom. The number of aromatic hydroxyl groups is 1. The van der Waals surface area contributed by atoms with Crippen LogP contribution < -0.4 is 4.74 Å². The predicted molar refractivity (Wildman–Crippen MR) is 60.1 cm³/mol. The molecule has 82 valence electrons. The van der Waals surface area contributed by atoms with E-state index in [4.69, 9.17) is 4.74 Å². The van der Waals surface area contributed by atoms with Crippen molar-refractivity contribution in [2.45, 2.75) is 0 Å². The maximum absolute atomic E-state index is 12.8. The van der Waals surface area contributed by atoms with E-state index >= 15 is 0 Å². The van der Waals surface area contributed by atoms with Gasteiger partial charge in [-0.1, -0.05) is 12.1 Å². The predicted octanol–water partition coefficient (Wildman–Crippen LogP) is 3.21. The van der Waals surface area contributed by atoms with Gasteiger partial charge in [0, 0.05) is 11.6 Å². The number of hydrogen-bond donors (Lipinski definition) is 1. The van der Waals surface area contributed by atoms with Gasteiger partial charge in [-0.25, -0.2) is 4.39 Å². The molecule has 3 heteroatoms. The van der Waals surface area contributed by atoms with E-state index in [9.17, 15) is 9.50 Å². The molecule has 0 bridgehead atoms. The van der Waals surface area contributed by atoms with Crippen LogP contribution in [0.4, 0.5) is 4.39 Å². The normalized spacial score (nSPS) is 10.1. The van der Waals surface area contributed by atoms with Crippen LogP contribution in [0.15, 0.2) is 42.5 Å². The lowest BCUT2D eigenvalue weighted by Gasteiger charge is -2.06. The highest BCUT2D eigenvalue weighted by molar-refractivity contribution is 5.71. The summed E-state index contributed by atoms with van der Waals surface area (Å²) in [6.45, 7) is 0. The van der Waals surface area contributed by atoms with Crippen LogP contribution >= 0.6 is 0 Å². The fourth-order valence-corrected chi connectivity index (χ4v) is 1.54. The van der Waals surface area contributed by atoms with Gasteiger partial charge in [0.2, 0.25) is 0 Å². The lowest BCUT2D eigenvalue weighted by atomic mass is 10.0. The third-order valence-corrected chi connectivity index (χ3v) is 2.34. The average Bonchev–Trinajstić information content (AvgIpc) is 2.29. The molecule has 0 amide bonds. The summed E-state index contributed by atoms with van der Waals surface area (Å²) in [5.41, 5.74) is 1.37. The smallest absolute Gasteiger partial charge is 0.126 e. The summed E-state index contributed by atoms with van der Waals surface area (Å²) in [7, 11) is 1.57. The Balaban J connectivity index is 2.49. The topological polar surface area (TPSA) is 29.5 Å². The summed E-state index contributed by atoms with van der Waals surface area (Å²) in [5, 5.41) is 9.63. The largest absolute Gasteiger partial charge is 0.507 e. The molecule has 1 N–H and O–H groups in total. The van der Waals surface area contributed by atoms with Crippen molar-refractivity contribution in [2.24, 2.45) is 0 Å². The molecule has 0 aliphatic heterocycles. The van der Waals surface area contributed by atoms with Gasteiger partial charge in [-0.2, -0.15) is 0 Å². The van der Waals surface area contributed by atoms with Gasteiger partial charge < -0.3 is 9.84 Å². The molecule has 0 aromatic heterocycles. The molecule has 0 heterocycles. The van der Waals surface area contributed by atoms with Crippen molar-refractivity contribution < 1.29 is 14.2 Å². The summed E-state index contributed by atoms with van der Waals surface area (Å²) >= 11 is 0. The number of halogens is 1. The van der Waals surface area contributed by atoms with Crippen LogP contribution in [0.1, 0.15) is 0 Å². The van der Waals surface area contributed by atoms with Crippen LogP contribution in [0.5, 0.6) is 11.5 Å². The van der Waals surface area contributed by atoms with Crippen molar-refractivity contribution in [3.63, 3.8) is 0 Å². The quantitative estimate of drug-likeness (QED) is 0.838. The number of ether oxygens (including phenoxy) is 1. The van der Waals surface area contributed by atoms with Gasteiger partial charge in [-0.15, -0.1) is 0 Å². The molecule has 0 aliphatic carbocycles. The Labute approximate surface area is 92.9 Å². The molecule has 0 fully saturated rings. The summed E-state index contributed by atoms with van der Waals surface area (Å²) in [6.07, 6.45) is 0. The van der Waals surface area contributed by atoms with Crippen LogP contribution in [0.25, 0.3) is 11.1 Å². The van der Waals surface area contributed by atoms with Crippen molar-refractivity contribution in [3.05, 3.63) is 48.3 Å². The van der Waals surface area contributed by atoms with E-state index in [-0.39, 0.29) is 5.75 Å². The first-order valence-corrected chi connectivity index (χ1v) is 4.83. The molecular weight excluding hydrogens is 207 g/mol. The monoisotopic (exact) mass is 218 g/mol. The number of hydrogen-bond acceptors (Lipinski definition) is 2. The molecule has 2 aromatic carbocycles. The van der Waals surface area contributed by atoms with Gasteiger partial charge in [-0.05, 0) is 29.8 Å². The van der Waals surface area contributed by atoms with E-state index in [2.05, 4.69) is 0 Å². The molecule has 0 aliphatic rings. The SMILES string of the molecule is COc1cccc(-c2ccc(F)cc2O)c1. The molecule has 16 heavy (non-hydrogen) atoms. The molecule has 0 radical (unpaired) electrons. The summed E-state index contributed by atoms with van der Waals surface area (Å²) in [5.74, 6) is 0.165. The molecule has 2 aromatic rings. The molecule has 0 unspecified atom stereocenters. The summed E-state index contributed by atoms with van der Waals surface area (Å²) in [6, 6.07) is 11.2. The third kappa shape index (κ3) is 1.98. The Kier molecular flexibility index (Phi) is 2.77. The van der Waals surface area contributed by atoms with Gasteiger partial charge in [0.25, 0.3) is 0 Å². The van der Waals surface area contributed by atoms with E-state index in [1.54, 1.807) is 19.2 Å². The minimum Gasteiger partial charge on any atom is -0.507 e. The highest BCUT2D eigenvalue weighted by Gasteiger charge is 2.06. The van der Waals surface area contributed by atoms with Gasteiger partial charge in [0.15, 0.2) is 0 Å². The molecule has 0 saturated heterocycles. The lowest BCUT2D eigenvalue weighted by molar-refractivity contribution is 0.415. The maximum Gasteiger partial charge on any atom is 0.126 e. The Bertz CT molecular complexity index is 509. The average molecular weight is 218 g/mol. The Morgan fingerprint density at radius 1 is 1.12 bits per heavy atom. The maximum atomic E-state index is 12.8. The van der Waals surface area contributed by atoms with Gasteiger partial charge in [0.05, 0.1) is 7.11 Å². The first-order chi connectivity index (χ1) is 7.70. The minimum atomic E-state index is -0.454. The molecule has 2 nitrogen and oxygen atoms in total. The van der Waals surface area contributed by atoms with Crippen molar-refractivity contribution in [1.82, 2.24) is 0 Å². The van der Waals surface area contributed by atoms with E-state index in [1.165, 1.54) is 6.07 Å². The van der Waals surface area contributed by atoms with E-state index in [1.807, 2.05) is 18.2 Å². The zero-order valence-electron chi connectivity index (χ0n) is 8.77. The van der Waals surface area contributed by atoms with Crippen molar-refractivity contribution in [1.29, 1.82) is 0 Å². The number of benzene rings is 2. The van der Waals surface area contributed by atoms with Crippen LogP contribution in [0.3, 0.4) is 0 Å². The van der Waals surface area contributed by atoms with Crippen molar-refractivity contribution in [3.8, 4) is 22.6 Å². The number of phenolic OH excluding ortho intramolecular Hbond substituents is 1. The first kappa shape index (κ1) is 10.5. The minimum absolute atomic E-state index is 0.0757. The van der Waals surface area contributed by atoms with E-state index in [0.717, 1.165) is 11.6 Å². The number of phenols is 1.